The lowest BCUT2D eigenvalue weighted by molar-refractivity contribution is -0.118. The molecule has 0 radical (unpaired) electrons. The van der Waals surface area contributed by atoms with Gasteiger partial charge in [-0.15, -0.1) is 5.10 Å². The van der Waals surface area contributed by atoms with Gasteiger partial charge in [0.15, 0.2) is 5.17 Å². The van der Waals surface area contributed by atoms with Crippen LogP contribution in [0.3, 0.4) is 0 Å². The van der Waals surface area contributed by atoms with E-state index >= 15 is 0 Å². The van der Waals surface area contributed by atoms with Crippen molar-refractivity contribution in [1.82, 2.24) is 5.32 Å². The molecule has 1 atom stereocenters. The summed E-state index contributed by atoms with van der Waals surface area (Å²) in [5.41, 5.74) is 1.72. The summed E-state index contributed by atoms with van der Waals surface area (Å²) in [7, 11) is 0. The summed E-state index contributed by atoms with van der Waals surface area (Å²) in [5, 5.41) is 12.0. The summed E-state index contributed by atoms with van der Waals surface area (Å²) in [6, 6.07) is 13.0. The predicted molar refractivity (Wildman–Crippen MR) is 117 cm³/mol. The van der Waals surface area contributed by atoms with Crippen LogP contribution in [0.2, 0.25) is 10.0 Å². The molecule has 2 aromatic rings. The number of rotatable bonds is 6. The van der Waals surface area contributed by atoms with Crippen LogP contribution in [0.25, 0.3) is 0 Å². The minimum Gasteiger partial charge on any atom is -0.491 e. The quantitative estimate of drug-likeness (QED) is 0.515. The highest BCUT2D eigenvalue weighted by Gasteiger charge is 2.31. The van der Waals surface area contributed by atoms with E-state index in [1.165, 1.54) is 11.8 Å². The Morgan fingerprint density at radius 3 is 2.68 bits per heavy atom. The number of benzene rings is 2. The summed E-state index contributed by atoms with van der Waals surface area (Å²) in [4.78, 5) is 12.2. The van der Waals surface area contributed by atoms with Gasteiger partial charge in [-0.3, -0.25) is 4.79 Å². The normalized spacial score (nSPS) is 18.2. The molecule has 1 aliphatic heterocycles. The Balaban J connectivity index is 1.60. The van der Waals surface area contributed by atoms with Crippen LogP contribution >= 0.6 is 35.0 Å². The second kappa shape index (κ2) is 9.45. The maximum atomic E-state index is 12.2. The Morgan fingerprint density at radius 1 is 1.21 bits per heavy atom. The van der Waals surface area contributed by atoms with E-state index in [1.54, 1.807) is 12.3 Å². The Morgan fingerprint density at radius 2 is 1.96 bits per heavy atom. The van der Waals surface area contributed by atoms with Gasteiger partial charge in [-0.1, -0.05) is 47.1 Å². The van der Waals surface area contributed by atoms with Gasteiger partial charge < -0.3 is 10.1 Å². The smallest absolute Gasteiger partial charge is 0.239 e. The van der Waals surface area contributed by atoms with Crippen LogP contribution < -0.4 is 10.1 Å². The lowest BCUT2D eigenvalue weighted by Crippen LogP contribution is -2.26. The highest BCUT2D eigenvalue weighted by molar-refractivity contribution is 8.15. The van der Waals surface area contributed by atoms with Gasteiger partial charge >= 0.3 is 0 Å². The van der Waals surface area contributed by atoms with Crippen LogP contribution in [0.1, 0.15) is 25.0 Å². The maximum absolute atomic E-state index is 12.2. The number of hydrogen-bond donors (Lipinski definition) is 1. The minimum absolute atomic E-state index is 0.120. The topological polar surface area (TPSA) is 63.1 Å². The fourth-order valence-corrected chi connectivity index (χ4v) is 3.89. The summed E-state index contributed by atoms with van der Waals surface area (Å²) in [5.74, 6) is 0.685. The predicted octanol–water partition coefficient (Wildman–Crippen LogP) is 4.94. The zero-order valence-electron chi connectivity index (χ0n) is 15.4. The number of halogens is 2. The van der Waals surface area contributed by atoms with Crippen molar-refractivity contribution in [3.8, 4) is 5.75 Å². The molecular weight excluding hydrogens is 417 g/mol. The lowest BCUT2D eigenvalue weighted by Gasteiger charge is -2.08. The first kappa shape index (κ1) is 20.7. The summed E-state index contributed by atoms with van der Waals surface area (Å²) < 4.78 is 5.60. The Hall–Kier alpha value is -2.02. The Kier molecular flexibility index (Phi) is 6.99. The second-order valence-electron chi connectivity index (χ2n) is 6.40. The van der Waals surface area contributed by atoms with Crippen LogP contribution in [0.4, 0.5) is 0 Å². The standard InChI is InChI=1S/C20H19Cl2N3O2S/c1-12(2)27-15-8-6-13(7-9-15)11-23-25-20-24-19(26)17(28-20)10-14-4-3-5-16(21)18(14)22/h3-9,11-12,17H,10H2,1-2H3,(H,24,25,26)/b23-11-/t17-/m0/s1. The number of carbonyl (C=O) groups is 1. The first-order chi connectivity index (χ1) is 13.4. The van der Waals surface area contributed by atoms with Crippen molar-refractivity contribution < 1.29 is 9.53 Å². The van der Waals surface area contributed by atoms with Gasteiger partial charge in [-0.25, -0.2) is 0 Å². The van der Waals surface area contributed by atoms with Crippen molar-refractivity contribution in [3.05, 3.63) is 63.6 Å². The van der Waals surface area contributed by atoms with E-state index in [2.05, 4.69) is 15.5 Å². The van der Waals surface area contributed by atoms with Crippen molar-refractivity contribution in [2.24, 2.45) is 10.2 Å². The van der Waals surface area contributed by atoms with Crippen LogP contribution in [-0.2, 0) is 11.2 Å². The number of nitrogens with zero attached hydrogens (tertiary/aromatic N) is 2. The largest absolute Gasteiger partial charge is 0.491 e. The third-order valence-corrected chi connectivity index (χ3v) is 5.75. The molecule has 1 heterocycles. The molecule has 0 aliphatic carbocycles. The fourth-order valence-electron chi connectivity index (χ4n) is 2.54. The summed E-state index contributed by atoms with van der Waals surface area (Å²) >= 11 is 13.6. The Bertz CT molecular complexity index is 914. The molecule has 1 fully saturated rings. The summed E-state index contributed by atoms with van der Waals surface area (Å²) in [6.45, 7) is 3.96. The first-order valence-corrected chi connectivity index (χ1v) is 10.3. The third kappa shape index (κ3) is 5.50. The van der Waals surface area contributed by atoms with Gasteiger partial charge in [0.1, 0.15) is 5.75 Å². The van der Waals surface area contributed by atoms with Gasteiger partial charge in [-0.2, -0.15) is 5.10 Å². The van der Waals surface area contributed by atoms with Crippen LogP contribution in [0.5, 0.6) is 5.75 Å². The van der Waals surface area contributed by atoms with E-state index in [-0.39, 0.29) is 17.3 Å². The third-order valence-electron chi connectivity index (χ3n) is 3.82. The van der Waals surface area contributed by atoms with Crippen molar-refractivity contribution in [2.75, 3.05) is 0 Å². The van der Waals surface area contributed by atoms with E-state index < -0.39 is 0 Å². The molecule has 8 heteroatoms. The second-order valence-corrected chi connectivity index (χ2v) is 8.37. The van der Waals surface area contributed by atoms with Gasteiger partial charge in [0, 0.05) is 0 Å². The molecule has 0 saturated carbocycles. The zero-order valence-corrected chi connectivity index (χ0v) is 17.7. The van der Waals surface area contributed by atoms with Crippen molar-refractivity contribution in [1.29, 1.82) is 0 Å². The highest BCUT2D eigenvalue weighted by atomic mass is 35.5. The Labute approximate surface area is 178 Å². The number of thioether (sulfide) groups is 1. The van der Waals surface area contributed by atoms with Gasteiger partial charge in [-0.05, 0) is 61.7 Å². The van der Waals surface area contributed by atoms with Crippen molar-refractivity contribution in [3.63, 3.8) is 0 Å². The minimum atomic E-state index is -0.322. The van der Waals surface area contributed by atoms with Crippen LogP contribution in [-0.4, -0.2) is 28.6 Å². The van der Waals surface area contributed by atoms with Crippen molar-refractivity contribution >= 4 is 52.3 Å². The molecule has 1 saturated heterocycles. The fraction of sp³-hybridized carbons (Fsp3) is 0.250. The van der Waals surface area contributed by atoms with Gasteiger partial charge in [0.05, 0.1) is 27.6 Å². The highest BCUT2D eigenvalue weighted by Crippen LogP contribution is 2.30. The molecule has 1 aliphatic rings. The zero-order chi connectivity index (χ0) is 20.1. The van der Waals surface area contributed by atoms with Crippen molar-refractivity contribution in [2.45, 2.75) is 31.6 Å². The lowest BCUT2D eigenvalue weighted by atomic mass is 10.1. The average Bonchev–Trinajstić information content (AvgIpc) is 2.99. The number of hydrogen-bond acceptors (Lipinski definition) is 5. The van der Waals surface area contributed by atoms with Crippen LogP contribution in [0, 0.1) is 0 Å². The number of nitrogens with one attached hydrogen (secondary N) is 1. The molecule has 146 valence electrons. The molecule has 0 spiro atoms. The number of amides is 1. The number of amidine groups is 1. The molecule has 1 N–H and O–H groups in total. The molecule has 0 bridgehead atoms. The first-order valence-electron chi connectivity index (χ1n) is 8.70. The molecule has 5 nitrogen and oxygen atoms in total. The molecular formula is C20H19Cl2N3O2S. The molecule has 1 amide bonds. The molecule has 2 aromatic carbocycles. The summed E-state index contributed by atoms with van der Waals surface area (Å²) in [6.07, 6.45) is 2.22. The van der Waals surface area contributed by atoms with Gasteiger partial charge in [0.25, 0.3) is 0 Å². The maximum Gasteiger partial charge on any atom is 0.239 e. The van der Waals surface area contributed by atoms with Gasteiger partial charge in [0.2, 0.25) is 5.91 Å². The van der Waals surface area contributed by atoms with E-state index in [4.69, 9.17) is 27.9 Å². The van der Waals surface area contributed by atoms with E-state index in [0.29, 0.717) is 21.6 Å². The monoisotopic (exact) mass is 435 g/mol. The average molecular weight is 436 g/mol. The SMILES string of the molecule is CC(C)Oc1ccc(/C=N\N=C2\NC(=O)[C@H](Cc3cccc(Cl)c3Cl)S2)cc1. The molecule has 3 rings (SSSR count). The number of carbonyl (C=O) groups excluding carboxylic acids is 1. The molecule has 28 heavy (non-hydrogen) atoms. The van der Waals surface area contributed by atoms with E-state index in [9.17, 15) is 4.79 Å². The van der Waals surface area contributed by atoms with E-state index in [1.807, 2.05) is 50.2 Å². The van der Waals surface area contributed by atoms with E-state index in [0.717, 1.165) is 16.9 Å². The number of ether oxygens (including phenoxy) is 1. The molecule has 0 aromatic heterocycles. The van der Waals surface area contributed by atoms with Crippen LogP contribution in [0.15, 0.2) is 52.7 Å². The molecule has 0 unspecified atom stereocenters.